The van der Waals surface area contributed by atoms with Crippen molar-refractivity contribution in [1.29, 1.82) is 0 Å². The molecule has 1 spiro atoms. The van der Waals surface area contributed by atoms with Crippen LogP contribution in [0.4, 0.5) is 0 Å². The van der Waals surface area contributed by atoms with Crippen LogP contribution in [-0.4, -0.2) is 46.3 Å². The molecule has 2 aromatic rings. The highest BCUT2D eigenvalue weighted by atomic mass is 32.1. The van der Waals surface area contributed by atoms with Crippen LogP contribution in [-0.2, 0) is 22.6 Å². The first kappa shape index (κ1) is 16.1. The lowest BCUT2D eigenvalue weighted by atomic mass is 9.84. The molecule has 0 bridgehead atoms. The maximum absolute atomic E-state index is 6.17. The quantitative estimate of drug-likeness (QED) is 0.834. The molecule has 2 aliphatic rings. The van der Waals surface area contributed by atoms with E-state index in [1.807, 2.05) is 30.0 Å². The summed E-state index contributed by atoms with van der Waals surface area (Å²) in [6.45, 7) is 6.44. The molecule has 0 radical (unpaired) electrons. The molecule has 0 N–H and O–H groups in total. The second kappa shape index (κ2) is 6.88. The van der Waals surface area contributed by atoms with Gasteiger partial charge < -0.3 is 9.47 Å². The molecule has 24 heavy (non-hydrogen) atoms. The Labute approximate surface area is 146 Å². The van der Waals surface area contributed by atoms with E-state index in [1.54, 1.807) is 11.3 Å². The summed E-state index contributed by atoms with van der Waals surface area (Å²) in [5.41, 5.74) is 2.41. The molecule has 2 aromatic heterocycles. The summed E-state index contributed by atoms with van der Waals surface area (Å²) in [5.74, 6) is 0. The van der Waals surface area contributed by atoms with Crippen LogP contribution in [0.5, 0.6) is 0 Å². The smallest absolute Gasteiger partial charge is 0.107 e. The van der Waals surface area contributed by atoms with Crippen LogP contribution in [0.2, 0.25) is 0 Å². The van der Waals surface area contributed by atoms with Crippen molar-refractivity contribution in [3.05, 3.63) is 46.2 Å². The van der Waals surface area contributed by atoms with Gasteiger partial charge in [-0.05, 0) is 30.5 Å². The number of hydrogen-bond acceptors (Lipinski definition) is 6. The van der Waals surface area contributed by atoms with Gasteiger partial charge in [0.25, 0.3) is 0 Å². The number of nitrogens with zero attached hydrogens (tertiary/aromatic N) is 3. The standard InChI is InChI=1S/C18H23N3O2S/c1-14-2-4-19-9-15(14)11-22-16-3-6-23-18(8-16)12-21(13-18)10-17-20-5-7-24-17/h2,4-5,7,9,16H,3,6,8,10-13H2,1H3/t16-/m1/s1. The van der Waals surface area contributed by atoms with Gasteiger partial charge in [0.1, 0.15) is 5.01 Å². The van der Waals surface area contributed by atoms with Gasteiger partial charge in [0.15, 0.2) is 0 Å². The molecule has 2 fully saturated rings. The topological polar surface area (TPSA) is 47.5 Å². The minimum atomic E-state index is -0.00976. The molecule has 0 amide bonds. The van der Waals surface area contributed by atoms with Gasteiger partial charge in [-0.1, -0.05) is 0 Å². The van der Waals surface area contributed by atoms with Gasteiger partial charge in [-0.2, -0.15) is 0 Å². The van der Waals surface area contributed by atoms with Crippen LogP contribution >= 0.6 is 11.3 Å². The van der Waals surface area contributed by atoms with Gasteiger partial charge >= 0.3 is 0 Å². The van der Waals surface area contributed by atoms with E-state index in [-0.39, 0.29) is 11.7 Å². The fourth-order valence-electron chi connectivity index (χ4n) is 3.60. The Hall–Kier alpha value is -1.34. The highest BCUT2D eigenvalue weighted by Gasteiger charge is 2.47. The minimum Gasteiger partial charge on any atom is -0.373 e. The SMILES string of the molecule is Cc1ccncc1CO[C@@H]1CCOC2(C1)CN(Cc1nccs1)C2. The summed E-state index contributed by atoms with van der Waals surface area (Å²) in [4.78, 5) is 11.0. The third kappa shape index (κ3) is 3.52. The number of hydrogen-bond donors (Lipinski definition) is 0. The van der Waals surface area contributed by atoms with Gasteiger partial charge in [-0.3, -0.25) is 9.88 Å². The average molecular weight is 345 g/mol. The summed E-state index contributed by atoms with van der Waals surface area (Å²) in [5, 5.41) is 3.22. The van der Waals surface area contributed by atoms with E-state index in [0.29, 0.717) is 6.61 Å². The van der Waals surface area contributed by atoms with E-state index in [2.05, 4.69) is 21.8 Å². The lowest BCUT2D eigenvalue weighted by Gasteiger charge is -2.53. The molecule has 128 valence electrons. The first-order chi connectivity index (χ1) is 11.7. The number of aromatic nitrogens is 2. The van der Waals surface area contributed by atoms with E-state index in [1.165, 1.54) is 16.1 Å². The second-order valence-electron chi connectivity index (χ2n) is 6.83. The van der Waals surface area contributed by atoms with Gasteiger partial charge in [-0.15, -0.1) is 11.3 Å². The van der Waals surface area contributed by atoms with Crippen LogP contribution in [0.1, 0.15) is 29.0 Å². The highest BCUT2D eigenvalue weighted by Crippen LogP contribution is 2.36. The number of ether oxygens (including phenoxy) is 2. The summed E-state index contributed by atoms with van der Waals surface area (Å²) in [6.07, 6.45) is 7.85. The fourth-order valence-corrected chi connectivity index (χ4v) is 4.26. The van der Waals surface area contributed by atoms with E-state index in [4.69, 9.17) is 9.47 Å². The molecular formula is C18H23N3O2S. The van der Waals surface area contributed by atoms with Crippen LogP contribution in [0.15, 0.2) is 30.0 Å². The van der Waals surface area contributed by atoms with Crippen LogP contribution in [0.25, 0.3) is 0 Å². The molecule has 0 aromatic carbocycles. The largest absolute Gasteiger partial charge is 0.373 e. The van der Waals surface area contributed by atoms with Crippen molar-refractivity contribution in [3.8, 4) is 0 Å². The zero-order chi connectivity index (χ0) is 16.4. The summed E-state index contributed by atoms with van der Waals surface area (Å²) in [7, 11) is 0. The second-order valence-corrected chi connectivity index (χ2v) is 7.81. The lowest BCUT2D eigenvalue weighted by molar-refractivity contribution is -0.200. The zero-order valence-electron chi connectivity index (χ0n) is 14.0. The van der Waals surface area contributed by atoms with Gasteiger partial charge in [-0.25, -0.2) is 4.98 Å². The summed E-state index contributed by atoms with van der Waals surface area (Å²) < 4.78 is 12.3. The maximum atomic E-state index is 6.17. The van der Waals surface area contributed by atoms with E-state index >= 15 is 0 Å². The Balaban J connectivity index is 1.28. The lowest BCUT2D eigenvalue weighted by Crippen LogP contribution is -2.65. The maximum Gasteiger partial charge on any atom is 0.107 e. The Morgan fingerprint density at radius 1 is 1.42 bits per heavy atom. The highest BCUT2D eigenvalue weighted by molar-refractivity contribution is 7.09. The third-order valence-corrected chi connectivity index (χ3v) is 5.70. The molecule has 2 saturated heterocycles. The van der Waals surface area contributed by atoms with Crippen molar-refractivity contribution in [1.82, 2.24) is 14.9 Å². The monoisotopic (exact) mass is 345 g/mol. The van der Waals surface area contributed by atoms with Crippen LogP contribution < -0.4 is 0 Å². The van der Waals surface area contributed by atoms with Gasteiger partial charge in [0.05, 0.1) is 24.9 Å². The average Bonchev–Trinajstić information content (AvgIpc) is 3.06. The Bertz CT molecular complexity index is 671. The van der Waals surface area contributed by atoms with Gasteiger partial charge in [0.2, 0.25) is 0 Å². The molecule has 5 nitrogen and oxygen atoms in total. The number of pyridine rings is 1. The zero-order valence-corrected chi connectivity index (χ0v) is 14.8. The molecule has 4 rings (SSSR count). The molecule has 0 unspecified atom stereocenters. The van der Waals surface area contributed by atoms with Gasteiger partial charge in [0, 0.05) is 50.1 Å². The summed E-state index contributed by atoms with van der Waals surface area (Å²) >= 11 is 1.72. The molecule has 1 atom stereocenters. The van der Waals surface area contributed by atoms with Crippen LogP contribution in [0.3, 0.4) is 0 Å². The molecule has 6 heteroatoms. The van der Waals surface area contributed by atoms with E-state index in [0.717, 1.165) is 39.1 Å². The number of rotatable bonds is 5. The minimum absolute atomic E-state index is 0.00976. The van der Waals surface area contributed by atoms with Crippen molar-refractivity contribution in [2.75, 3.05) is 19.7 Å². The van der Waals surface area contributed by atoms with Crippen molar-refractivity contribution >= 4 is 11.3 Å². The van der Waals surface area contributed by atoms with Crippen molar-refractivity contribution in [2.45, 2.75) is 44.6 Å². The van der Waals surface area contributed by atoms with Crippen molar-refractivity contribution in [2.24, 2.45) is 0 Å². The van der Waals surface area contributed by atoms with E-state index in [9.17, 15) is 0 Å². The fraction of sp³-hybridized carbons (Fsp3) is 0.556. The van der Waals surface area contributed by atoms with E-state index < -0.39 is 0 Å². The number of aryl methyl sites for hydroxylation is 1. The predicted molar refractivity (Wildman–Crippen MR) is 92.9 cm³/mol. The Kier molecular flexibility index (Phi) is 4.63. The van der Waals surface area contributed by atoms with Crippen molar-refractivity contribution in [3.63, 3.8) is 0 Å². The first-order valence-electron chi connectivity index (χ1n) is 8.48. The Morgan fingerprint density at radius 3 is 3.12 bits per heavy atom. The van der Waals surface area contributed by atoms with Crippen LogP contribution in [0, 0.1) is 6.92 Å². The molecule has 0 aliphatic carbocycles. The molecule has 2 aliphatic heterocycles. The molecular weight excluding hydrogens is 322 g/mol. The third-order valence-electron chi connectivity index (χ3n) is 4.94. The normalized spacial score (nSPS) is 23.3. The molecule has 0 saturated carbocycles. The summed E-state index contributed by atoms with van der Waals surface area (Å²) in [6, 6.07) is 2.03. The number of thiazole rings is 1. The first-order valence-corrected chi connectivity index (χ1v) is 9.36. The Morgan fingerprint density at radius 2 is 2.33 bits per heavy atom. The molecule has 4 heterocycles. The number of likely N-dealkylation sites (tertiary alicyclic amines) is 1. The van der Waals surface area contributed by atoms with Crippen molar-refractivity contribution < 1.29 is 9.47 Å². The predicted octanol–water partition coefficient (Wildman–Crippen LogP) is 2.80.